The number of aliphatic hydroxyl groups is 1. The maximum absolute atomic E-state index is 12.0. The highest BCUT2D eigenvalue weighted by molar-refractivity contribution is 7.92. The Bertz CT molecular complexity index is 335. The smallest absolute Gasteiger partial charge is 0.243 e. The first-order valence-electron chi connectivity index (χ1n) is 5.28. The fourth-order valence-corrected chi connectivity index (χ4v) is 1.65. The molecule has 0 aromatic heterocycles. The fourth-order valence-electron chi connectivity index (χ4n) is 1.20. The topological polar surface area (TPSA) is 74.7 Å². The van der Waals surface area contributed by atoms with Crippen molar-refractivity contribution in [2.45, 2.75) is 31.9 Å². The second kappa shape index (κ2) is 5.63. The van der Waals surface area contributed by atoms with E-state index >= 15 is 0 Å². The summed E-state index contributed by atoms with van der Waals surface area (Å²) in [7, 11) is -3.44. The minimum absolute atomic E-state index is 0.0108. The van der Waals surface area contributed by atoms with Crippen LogP contribution in [-0.2, 0) is 14.6 Å². The quantitative estimate of drug-likeness (QED) is 0.723. The summed E-state index contributed by atoms with van der Waals surface area (Å²) in [5.74, 6) is -0.411. The molecule has 0 aliphatic rings. The SMILES string of the molecule is CCN(CCCO)C(=O)C(C)(C)S(C)(=O)=O. The highest BCUT2D eigenvalue weighted by Crippen LogP contribution is 2.18. The molecule has 5 nitrogen and oxygen atoms in total. The van der Waals surface area contributed by atoms with Crippen molar-refractivity contribution in [1.82, 2.24) is 4.90 Å². The molecular formula is C10H21NO4S. The summed E-state index contributed by atoms with van der Waals surface area (Å²) in [6.45, 7) is 5.41. The van der Waals surface area contributed by atoms with Gasteiger partial charge in [0.25, 0.3) is 0 Å². The summed E-state index contributed by atoms with van der Waals surface area (Å²) in [6, 6.07) is 0. The predicted octanol–water partition coefficient (Wildman–Crippen LogP) is 0.0405. The molecule has 0 unspecified atom stereocenters. The van der Waals surface area contributed by atoms with E-state index in [1.165, 1.54) is 18.7 Å². The normalized spacial score (nSPS) is 12.6. The van der Waals surface area contributed by atoms with E-state index in [4.69, 9.17) is 5.11 Å². The van der Waals surface area contributed by atoms with Gasteiger partial charge in [0.1, 0.15) is 4.75 Å². The molecule has 96 valence electrons. The second-order valence-electron chi connectivity index (χ2n) is 4.24. The predicted molar refractivity (Wildman–Crippen MR) is 62.9 cm³/mol. The third-order valence-electron chi connectivity index (χ3n) is 2.70. The Kier molecular flexibility index (Phi) is 5.41. The molecule has 0 atom stereocenters. The zero-order valence-electron chi connectivity index (χ0n) is 10.4. The second-order valence-corrected chi connectivity index (χ2v) is 6.81. The third kappa shape index (κ3) is 3.45. The molecule has 0 bridgehead atoms. The zero-order chi connectivity index (χ0) is 13.0. The van der Waals surface area contributed by atoms with Crippen molar-refractivity contribution >= 4 is 15.7 Å². The van der Waals surface area contributed by atoms with E-state index in [9.17, 15) is 13.2 Å². The van der Waals surface area contributed by atoms with Gasteiger partial charge in [0.05, 0.1) is 0 Å². The van der Waals surface area contributed by atoms with Gasteiger partial charge >= 0.3 is 0 Å². The van der Waals surface area contributed by atoms with Crippen LogP contribution in [0.25, 0.3) is 0 Å². The Hall–Kier alpha value is -0.620. The Morgan fingerprint density at radius 3 is 2.19 bits per heavy atom. The van der Waals surface area contributed by atoms with Gasteiger partial charge in [-0.1, -0.05) is 0 Å². The van der Waals surface area contributed by atoms with Crippen LogP contribution < -0.4 is 0 Å². The first kappa shape index (κ1) is 15.4. The summed E-state index contributed by atoms with van der Waals surface area (Å²) in [6.07, 6.45) is 1.52. The van der Waals surface area contributed by atoms with E-state index in [0.717, 1.165) is 6.26 Å². The van der Waals surface area contributed by atoms with E-state index in [1.54, 1.807) is 6.92 Å². The average Bonchev–Trinajstić information content (AvgIpc) is 2.16. The van der Waals surface area contributed by atoms with Crippen LogP contribution in [0.4, 0.5) is 0 Å². The number of carbonyl (C=O) groups excluding carboxylic acids is 1. The number of carbonyl (C=O) groups is 1. The lowest BCUT2D eigenvalue weighted by Gasteiger charge is -2.29. The molecule has 0 saturated heterocycles. The summed E-state index contributed by atoms with van der Waals surface area (Å²) in [4.78, 5) is 13.5. The lowest BCUT2D eigenvalue weighted by atomic mass is 10.1. The van der Waals surface area contributed by atoms with Crippen LogP contribution in [0.3, 0.4) is 0 Å². The van der Waals surface area contributed by atoms with Gasteiger partial charge in [0.15, 0.2) is 9.84 Å². The van der Waals surface area contributed by atoms with Gasteiger partial charge in [-0.3, -0.25) is 4.79 Å². The van der Waals surface area contributed by atoms with E-state index in [2.05, 4.69) is 0 Å². The van der Waals surface area contributed by atoms with Crippen LogP contribution in [0.5, 0.6) is 0 Å². The Labute approximate surface area is 97.4 Å². The van der Waals surface area contributed by atoms with Crippen LogP contribution in [-0.4, -0.2) is 55.0 Å². The monoisotopic (exact) mass is 251 g/mol. The minimum atomic E-state index is -3.44. The first-order chi connectivity index (χ1) is 7.18. The maximum Gasteiger partial charge on any atom is 0.243 e. The number of rotatable bonds is 6. The molecule has 0 aliphatic heterocycles. The molecule has 6 heteroatoms. The van der Waals surface area contributed by atoms with Crippen molar-refractivity contribution in [3.05, 3.63) is 0 Å². The summed E-state index contributed by atoms with van der Waals surface area (Å²) < 4.78 is 21.6. The number of hydrogen-bond acceptors (Lipinski definition) is 4. The minimum Gasteiger partial charge on any atom is -0.396 e. The highest BCUT2D eigenvalue weighted by atomic mass is 32.2. The van der Waals surface area contributed by atoms with Crippen LogP contribution in [0.1, 0.15) is 27.2 Å². The lowest BCUT2D eigenvalue weighted by molar-refractivity contribution is -0.133. The molecule has 0 rings (SSSR count). The van der Waals surface area contributed by atoms with E-state index in [0.29, 0.717) is 19.5 Å². The van der Waals surface area contributed by atoms with Gasteiger partial charge in [-0.2, -0.15) is 0 Å². The summed E-state index contributed by atoms with van der Waals surface area (Å²) >= 11 is 0. The molecule has 0 heterocycles. The van der Waals surface area contributed by atoms with E-state index < -0.39 is 20.5 Å². The number of sulfone groups is 1. The van der Waals surface area contributed by atoms with E-state index in [1.807, 2.05) is 0 Å². The number of nitrogens with zero attached hydrogens (tertiary/aromatic N) is 1. The number of amides is 1. The van der Waals surface area contributed by atoms with Crippen LogP contribution in [0.2, 0.25) is 0 Å². The Morgan fingerprint density at radius 1 is 1.38 bits per heavy atom. The highest BCUT2D eigenvalue weighted by Gasteiger charge is 2.40. The van der Waals surface area contributed by atoms with Crippen LogP contribution in [0.15, 0.2) is 0 Å². The summed E-state index contributed by atoms with van der Waals surface area (Å²) in [5.41, 5.74) is 0. The molecule has 0 radical (unpaired) electrons. The van der Waals surface area contributed by atoms with Crippen molar-refractivity contribution in [3.63, 3.8) is 0 Å². The van der Waals surface area contributed by atoms with Gasteiger partial charge in [0, 0.05) is 26.0 Å². The molecular weight excluding hydrogens is 230 g/mol. The van der Waals surface area contributed by atoms with Gasteiger partial charge in [-0.25, -0.2) is 8.42 Å². The standard InChI is InChI=1S/C10H21NO4S/c1-5-11(7-6-8-12)9(13)10(2,3)16(4,14)15/h12H,5-8H2,1-4H3. The Morgan fingerprint density at radius 2 is 1.88 bits per heavy atom. The Balaban J connectivity index is 4.88. The molecule has 0 spiro atoms. The molecule has 0 saturated carbocycles. The van der Waals surface area contributed by atoms with Gasteiger partial charge in [0.2, 0.25) is 5.91 Å². The van der Waals surface area contributed by atoms with E-state index in [-0.39, 0.29) is 6.61 Å². The van der Waals surface area contributed by atoms with Crippen molar-refractivity contribution in [2.75, 3.05) is 26.0 Å². The molecule has 16 heavy (non-hydrogen) atoms. The zero-order valence-corrected chi connectivity index (χ0v) is 11.2. The lowest BCUT2D eigenvalue weighted by Crippen LogP contribution is -2.50. The third-order valence-corrected chi connectivity index (χ3v) is 4.73. The molecule has 1 N–H and O–H groups in total. The number of hydrogen-bond donors (Lipinski definition) is 1. The van der Waals surface area contributed by atoms with Crippen molar-refractivity contribution in [3.8, 4) is 0 Å². The van der Waals surface area contributed by atoms with Gasteiger partial charge in [-0.05, 0) is 27.2 Å². The van der Waals surface area contributed by atoms with Gasteiger partial charge < -0.3 is 10.0 Å². The molecule has 0 fully saturated rings. The van der Waals surface area contributed by atoms with Crippen molar-refractivity contribution < 1.29 is 18.3 Å². The van der Waals surface area contributed by atoms with Crippen LogP contribution >= 0.6 is 0 Å². The largest absolute Gasteiger partial charge is 0.396 e. The maximum atomic E-state index is 12.0. The van der Waals surface area contributed by atoms with Crippen molar-refractivity contribution in [1.29, 1.82) is 0 Å². The molecule has 0 aromatic carbocycles. The molecule has 0 aromatic rings. The molecule has 0 aliphatic carbocycles. The van der Waals surface area contributed by atoms with Crippen molar-refractivity contribution in [2.24, 2.45) is 0 Å². The van der Waals surface area contributed by atoms with Crippen LogP contribution in [0, 0.1) is 0 Å². The summed E-state index contributed by atoms with van der Waals surface area (Å²) in [5, 5.41) is 8.70. The first-order valence-corrected chi connectivity index (χ1v) is 7.17. The van der Waals surface area contributed by atoms with Gasteiger partial charge in [-0.15, -0.1) is 0 Å². The fraction of sp³-hybridized carbons (Fsp3) is 0.900. The number of aliphatic hydroxyl groups excluding tert-OH is 1. The molecule has 1 amide bonds. The average molecular weight is 251 g/mol.